The molecule has 5 heteroatoms. The van der Waals surface area contributed by atoms with E-state index in [9.17, 15) is 9.59 Å². The van der Waals surface area contributed by atoms with Crippen LogP contribution in [0.25, 0.3) is 0 Å². The van der Waals surface area contributed by atoms with Crippen LogP contribution in [0, 0.1) is 5.41 Å². The van der Waals surface area contributed by atoms with Crippen molar-refractivity contribution in [2.24, 2.45) is 5.41 Å². The monoisotopic (exact) mass is 298 g/mol. The topological polar surface area (TPSA) is 69.6 Å². The van der Waals surface area contributed by atoms with E-state index in [0.29, 0.717) is 5.41 Å². The second-order valence-corrected chi connectivity index (χ2v) is 7.85. The average Bonchev–Trinajstić information content (AvgIpc) is 2.30. The first kappa shape index (κ1) is 17.8. The molecular weight excluding hydrogens is 268 g/mol. The van der Waals surface area contributed by atoms with Crippen LogP contribution in [0.4, 0.5) is 4.79 Å². The lowest BCUT2D eigenvalue weighted by Crippen LogP contribution is -2.54. The number of nitrogens with one attached hydrogen (secondary N) is 1. The maximum atomic E-state index is 12.5. The van der Waals surface area contributed by atoms with Crippen LogP contribution in [0.15, 0.2) is 0 Å². The molecule has 0 bridgehead atoms. The Bertz CT molecular complexity index is 375. The highest BCUT2D eigenvalue weighted by Crippen LogP contribution is 2.35. The Labute approximate surface area is 128 Å². The van der Waals surface area contributed by atoms with Crippen molar-refractivity contribution in [2.45, 2.75) is 78.3 Å². The minimum atomic E-state index is -0.878. The summed E-state index contributed by atoms with van der Waals surface area (Å²) < 4.78 is 0. The van der Waals surface area contributed by atoms with Gasteiger partial charge in [-0.3, -0.25) is 4.79 Å². The van der Waals surface area contributed by atoms with E-state index in [4.69, 9.17) is 5.11 Å². The number of carboxylic acid groups (broad SMARTS) is 1. The summed E-state index contributed by atoms with van der Waals surface area (Å²) in [5.74, 6) is -0.878. The summed E-state index contributed by atoms with van der Waals surface area (Å²) in [6.45, 7) is 10.6. The second kappa shape index (κ2) is 6.67. The molecule has 0 radical (unpaired) electrons. The van der Waals surface area contributed by atoms with Crippen LogP contribution < -0.4 is 5.32 Å². The molecule has 1 aliphatic carbocycles. The lowest BCUT2D eigenvalue weighted by Gasteiger charge is -2.39. The molecule has 122 valence electrons. The van der Waals surface area contributed by atoms with Crippen LogP contribution in [-0.2, 0) is 4.79 Å². The first-order chi connectivity index (χ1) is 9.51. The number of hydrogen-bond donors (Lipinski definition) is 2. The number of carbonyl (C=O) groups excluding carboxylic acids is 1. The van der Waals surface area contributed by atoms with E-state index in [-0.39, 0.29) is 30.6 Å². The summed E-state index contributed by atoms with van der Waals surface area (Å²) in [6, 6.07) is 0.0636. The van der Waals surface area contributed by atoms with Gasteiger partial charge in [0.05, 0.1) is 6.42 Å². The average molecular weight is 298 g/mol. The summed E-state index contributed by atoms with van der Waals surface area (Å²) in [4.78, 5) is 24.8. The largest absolute Gasteiger partial charge is 0.481 e. The van der Waals surface area contributed by atoms with E-state index in [1.165, 1.54) is 0 Å². The Morgan fingerprint density at radius 1 is 1.24 bits per heavy atom. The Morgan fingerprint density at radius 2 is 1.76 bits per heavy atom. The Morgan fingerprint density at radius 3 is 2.19 bits per heavy atom. The molecule has 21 heavy (non-hydrogen) atoms. The van der Waals surface area contributed by atoms with Gasteiger partial charge in [0.15, 0.2) is 0 Å². The van der Waals surface area contributed by atoms with Gasteiger partial charge in [-0.1, -0.05) is 13.8 Å². The smallest absolute Gasteiger partial charge is 0.318 e. The summed E-state index contributed by atoms with van der Waals surface area (Å²) in [7, 11) is 0. The van der Waals surface area contributed by atoms with E-state index in [1.807, 2.05) is 20.8 Å². The molecule has 1 rings (SSSR count). The van der Waals surface area contributed by atoms with Crippen molar-refractivity contribution < 1.29 is 14.7 Å². The highest BCUT2D eigenvalue weighted by molar-refractivity contribution is 5.76. The maximum absolute atomic E-state index is 12.5. The molecule has 0 unspecified atom stereocenters. The zero-order valence-electron chi connectivity index (χ0n) is 14.0. The fourth-order valence-corrected chi connectivity index (χ4v) is 2.75. The number of nitrogens with zero attached hydrogens (tertiary/aromatic N) is 1. The molecule has 0 spiro atoms. The van der Waals surface area contributed by atoms with Gasteiger partial charge in [-0.2, -0.15) is 0 Å². The third kappa shape index (κ3) is 5.94. The van der Waals surface area contributed by atoms with Crippen molar-refractivity contribution in [2.75, 3.05) is 6.54 Å². The lowest BCUT2D eigenvalue weighted by molar-refractivity contribution is -0.137. The standard InChI is InChI=1S/C16H30N2O3/c1-15(2,3)18(11-8-13(19)20)14(21)17-12-6-9-16(4,5)10-7-12/h12H,6-11H2,1-5H3,(H,17,21)(H,19,20). The van der Waals surface area contributed by atoms with Crippen LogP contribution in [-0.4, -0.2) is 40.1 Å². The molecule has 0 heterocycles. The normalized spacial score (nSPS) is 19.1. The van der Waals surface area contributed by atoms with Gasteiger partial charge < -0.3 is 15.3 Å². The zero-order chi connectivity index (χ0) is 16.3. The van der Waals surface area contributed by atoms with Gasteiger partial charge >= 0.3 is 12.0 Å². The molecule has 0 aliphatic heterocycles. The third-order valence-corrected chi connectivity index (χ3v) is 4.27. The highest BCUT2D eigenvalue weighted by atomic mass is 16.4. The number of hydrogen-bond acceptors (Lipinski definition) is 2. The van der Waals surface area contributed by atoms with E-state index in [0.717, 1.165) is 25.7 Å². The molecule has 1 aliphatic rings. The first-order valence-electron chi connectivity index (χ1n) is 7.81. The maximum Gasteiger partial charge on any atom is 0.318 e. The molecule has 0 aromatic heterocycles. The molecular formula is C16H30N2O3. The van der Waals surface area contributed by atoms with E-state index < -0.39 is 5.97 Å². The fraction of sp³-hybridized carbons (Fsp3) is 0.875. The molecule has 0 atom stereocenters. The third-order valence-electron chi connectivity index (χ3n) is 4.27. The van der Waals surface area contributed by atoms with Crippen molar-refractivity contribution in [1.82, 2.24) is 10.2 Å². The number of rotatable bonds is 4. The number of carboxylic acids is 1. The predicted octanol–water partition coefficient (Wildman–Crippen LogP) is 3.24. The van der Waals surface area contributed by atoms with Gasteiger partial charge in [0.1, 0.15) is 0 Å². The highest BCUT2D eigenvalue weighted by Gasteiger charge is 2.31. The molecule has 1 saturated carbocycles. The molecule has 5 nitrogen and oxygen atoms in total. The van der Waals surface area contributed by atoms with Crippen molar-refractivity contribution >= 4 is 12.0 Å². The molecule has 2 N–H and O–H groups in total. The lowest BCUT2D eigenvalue weighted by atomic mass is 9.75. The van der Waals surface area contributed by atoms with Crippen molar-refractivity contribution in [3.63, 3.8) is 0 Å². The SMILES string of the molecule is CC1(C)CCC(NC(=O)N(CCC(=O)O)C(C)(C)C)CC1. The summed E-state index contributed by atoms with van der Waals surface area (Å²) in [5, 5.41) is 11.9. The molecule has 0 aromatic rings. The summed E-state index contributed by atoms with van der Waals surface area (Å²) in [6.07, 6.45) is 4.19. The van der Waals surface area contributed by atoms with Crippen LogP contribution in [0.3, 0.4) is 0 Å². The first-order valence-corrected chi connectivity index (χ1v) is 7.81. The fourth-order valence-electron chi connectivity index (χ4n) is 2.75. The number of aliphatic carboxylic acids is 1. The van der Waals surface area contributed by atoms with Crippen molar-refractivity contribution in [1.29, 1.82) is 0 Å². The Kier molecular flexibility index (Phi) is 5.65. The summed E-state index contributed by atoms with van der Waals surface area (Å²) >= 11 is 0. The van der Waals surface area contributed by atoms with Gasteiger partial charge in [-0.15, -0.1) is 0 Å². The Hall–Kier alpha value is -1.26. The van der Waals surface area contributed by atoms with Crippen LogP contribution in [0.2, 0.25) is 0 Å². The quantitative estimate of drug-likeness (QED) is 0.837. The minimum absolute atomic E-state index is 0.0254. The van der Waals surface area contributed by atoms with Crippen LogP contribution in [0.1, 0.15) is 66.7 Å². The molecule has 0 saturated heterocycles. The molecule has 1 fully saturated rings. The van der Waals surface area contributed by atoms with E-state index >= 15 is 0 Å². The van der Waals surface area contributed by atoms with Crippen molar-refractivity contribution in [3.05, 3.63) is 0 Å². The number of amides is 2. The molecule has 2 amide bonds. The van der Waals surface area contributed by atoms with Gasteiger partial charge in [-0.25, -0.2) is 4.79 Å². The minimum Gasteiger partial charge on any atom is -0.481 e. The van der Waals surface area contributed by atoms with Crippen molar-refractivity contribution in [3.8, 4) is 0 Å². The van der Waals surface area contributed by atoms with E-state index in [1.54, 1.807) is 4.90 Å². The zero-order valence-corrected chi connectivity index (χ0v) is 14.0. The predicted molar refractivity (Wildman–Crippen MR) is 83.3 cm³/mol. The Balaban J connectivity index is 2.59. The number of urea groups is 1. The van der Waals surface area contributed by atoms with Gasteiger partial charge in [0, 0.05) is 18.1 Å². The van der Waals surface area contributed by atoms with Gasteiger partial charge in [-0.05, 0) is 51.9 Å². The number of carbonyl (C=O) groups is 2. The summed E-state index contributed by atoms with van der Waals surface area (Å²) in [5.41, 5.74) is -0.0122. The molecule has 0 aromatic carbocycles. The second-order valence-electron chi connectivity index (χ2n) is 7.85. The van der Waals surface area contributed by atoms with Gasteiger partial charge in [0.2, 0.25) is 0 Å². The van der Waals surface area contributed by atoms with E-state index in [2.05, 4.69) is 19.2 Å². The van der Waals surface area contributed by atoms with Crippen LogP contribution in [0.5, 0.6) is 0 Å². The van der Waals surface area contributed by atoms with Gasteiger partial charge in [0.25, 0.3) is 0 Å². The van der Waals surface area contributed by atoms with Crippen LogP contribution >= 0.6 is 0 Å².